The number of unbranched alkanes of at least 4 members (excludes halogenated alkanes) is 1. The number of benzene rings is 1. The van der Waals surface area contributed by atoms with Gasteiger partial charge in [-0.15, -0.1) is 0 Å². The van der Waals surface area contributed by atoms with Gasteiger partial charge in [0.1, 0.15) is 0 Å². The van der Waals surface area contributed by atoms with Crippen LogP contribution >= 0.6 is 0 Å². The summed E-state index contributed by atoms with van der Waals surface area (Å²) in [5, 5.41) is -0.392. The van der Waals surface area contributed by atoms with E-state index in [-0.39, 0.29) is 0 Å². The zero-order valence-electron chi connectivity index (χ0n) is 11.2. The molecule has 0 aliphatic heterocycles. The lowest BCUT2D eigenvalue weighted by molar-refractivity contribution is 0.582. The van der Waals surface area contributed by atoms with Crippen molar-refractivity contribution < 1.29 is 8.42 Å². The molecular weight excluding hydrogens is 244 g/mol. The average molecular weight is 266 g/mol. The summed E-state index contributed by atoms with van der Waals surface area (Å²) in [6.45, 7) is 4.10. The third-order valence-electron chi connectivity index (χ3n) is 2.85. The van der Waals surface area contributed by atoms with E-state index < -0.39 is 15.1 Å². The molecule has 2 nitrogen and oxygen atoms in total. The van der Waals surface area contributed by atoms with Crippen LogP contribution in [0.25, 0.3) is 0 Å². The maximum atomic E-state index is 12.5. The Bertz CT molecular complexity index is 461. The monoisotopic (exact) mass is 266 g/mol. The van der Waals surface area contributed by atoms with Gasteiger partial charge in [-0.1, -0.05) is 57.0 Å². The Kier molecular flexibility index (Phi) is 6.13. The highest BCUT2D eigenvalue weighted by Crippen LogP contribution is 2.20. The first-order valence-corrected chi connectivity index (χ1v) is 8.13. The van der Waals surface area contributed by atoms with Crippen molar-refractivity contribution in [1.29, 1.82) is 0 Å². The van der Waals surface area contributed by atoms with E-state index in [0.29, 0.717) is 11.3 Å². The predicted octanol–water partition coefficient (Wildman–Crippen LogP) is 3.99. The Morgan fingerprint density at radius 1 is 1.11 bits per heavy atom. The van der Waals surface area contributed by atoms with Crippen LogP contribution in [0.3, 0.4) is 0 Å². The van der Waals surface area contributed by atoms with Crippen molar-refractivity contribution in [3.05, 3.63) is 42.5 Å². The van der Waals surface area contributed by atoms with Gasteiger partial charge in [0, 0.05) is 0 Å². The van der Waals surface area contributed by atoms with E-state index in [2.05, 4.69) is 6.92 Å². The minimum absolute atomic E-state index is 0.392. The molecule has 3 heteroatoms. The van der Waals surface area contributed by atoms with Gasteiger partial charge < -0.3 is 0 Å². The van der Waals surface area contributed by atoms with Crippen LogP contribution in [0.1, 0.15) is 39.5 Å². The summed E-state index contributed by atoms with van der Waals surface area (Å²) >= 11 is 0. The van der Waals surface area contributed by atoms with Crippen LogP contribution in [0.4, 0.5) is 0 Å². The highest BCUT2D eigenvalue weighted by molar-refractivity contribution is 7.92. The third kappa shape index (κ3) is 3.98. The molecule has 0 radical (unpaired) electrons. The van der Waals surface area contributed by atoms with Crippen molar-refractivity contribution in [2.45, 2.75) is 49.7 Å². The van der Waals surface area contributed by atoms with E-state index in [1.165, 1.54) is 0 Å². The van der Waals surface area contributed by atoms with Crippen LogP contribution in [-0.4, -0.2) is 13.7 Å². The number of sulfone groups is 1. The van der Waals surface area contributed by atoms with Crippen LogP contribution in [0.15, 0.2) is 47.4 Å². The lowest BCUT2D eigenvalue weighted by Gasteiger charge is -2.13. The predicted molar refractivity (Wildman–Crippen MR) is 76.4 cm³/mol. The van der Waals surface area contributed by atoms with Crippen molar-refractivity contribution >= 4 is 9.84 Å². The fourth-order valence-corrected chi connectivity index (χ4v) is 3.59. The van der Waals surface area contributed by atoms with Gasteiger partial charge in [0.2, 0.25) is 0 Å². The molecule has 0 aliphatic rings. The quantitative estimate of drug-likeness (QED) is 0.699. The van der Waals surface area contributed by atoms with Gasteiger partial charge in [0.25, 0.3) is 0 Å². The lowest BCUT2D eigenvalue weighted by atomic mass is 10.2. The SMILES string of the molecule is CCC/C=C\C(CCC)S(=O)(=O)c1ccccc1. The average Bonchev–Trinajstić information content (AvgIpc) is 2.39. The molecule has 0 aromatic heterocycles. The molecule has 18 heavy (non-hydrogen) atoms. The molecule has 1 aromatic rings. The first-order valence-electron chi connectivity index (χ1n) is 6.58. The van der Waals surface area contributed by atoms with Crippen LogP contribution in [0.5, 0.6) is 0 Å². The zero-order valence-corrected chi connectivity index (χ0v) is 12.0. The second kappa shape index (κ2) is 7.37. The van der Waals surface area contributed by atoms with Gasteiger partial charge in [0.15, 0.2) is 9.84 Å². The maximum absolute atomic E-state index is 12.5. The second-order valence-corrected chi connectivity index (χ2v) is 6.57. The van der Waals surface area contributed by atoms with E-state index in [1.54, 1.807) is 24.3 Å². The van der Waals surface area contributed by atoms with E-state index in [9.17, 15) is 8.42 Å². The first kappa shape index (κ1) is 15.0. The molecule has 0 heterocycles. The summed E-state index contributed by atoms with van der Waals surface area (Å²) in [5.74, 6) is 0. The van der Waals surface area contributed by atoms with Crippen molar-refractivity contribution in [2.75, 3.05) is 0 Å². The van der Waals surface area contributed by atoms with Gasteiger partial charge >= 0.3 is 0 Å². The zero-order chi connectivity index (χ0) is 13.4. The van der Waals surface area contributed by atoms with Crippen LogP contribution in [0.2, 0.25) is 0 Å². The summed E-state index contributed by atoms with van der Waals surface area (Å²) in [5.41, 5.74) is 0. The summed E-state index contributed by atoms with van der Waals surface area (Å²) in [6, 6.07) is 8.72. The standard InChI is InChI=1S/C15H22O2S/c1-3-5-7-11-14(10-4-2)18(16,17)15-12-8-6-9-13-15/h6-9,11-14H,3-5,10H2,1-2H3/b11-7-. The summed E-state index contributed by atoms with van der Waals surface area (Å²) in [4.78, 5) is 0.421. The molecule has 1 atom stereocenters. The molecular formula is C15H22O2S. The lowest BCUT2D eigenvalue weighted by Crippen LogP contribution is -2.19. The second-order valence-electron chi connectivity index (χ2n) is 4.40. The van der Waals surface area contributed by atoms with Gasteiger partial charge in [-0.25, -0.2) is 8.42 Å². The molecule has 100 valence electrons. The Labute approximate surface area is 111 Å². The minimum Gasteiger partial charge on any atom is -0.223 e. The number of allylic oxidation sites excluding steroid dienone is 1. The largest absolute Gasteiger partial charge is 0.223 e. The third-order valence-corrected chi connectivity index (χ3v) is 4.97. The Balaban J connectivity index is 2.97. The number of hydrogen-bond acceptors (Lipinski definition) is 2. The number of hydrogen-bond donors (Lipinski definition) is 0. The summed E-state index contributed by atoms with van der Waals surface area (Å²) in [7, 11) is -3.23. The molecule has 0 N–H and O–H groups in total. The van der Waals surface area contributed by atoms with Gasteiger partial charge in [-0.2, -0.15) is 0 Å². The van der Waals surface area contributed by atoms with Crippen molar-refractivity contribution in [3.8, 4) is 0 Å². The molecule has 0 saturated carbocycles. The van der Waals surface area contributed by atoms with Crippen LogP contribution < -0.4 is 0 Å². The van der Waals surface area contributed by atoms with Crippen molar-refractivity contribution in [2.24, 2.45) is 0 Å². The fraction of sp³-hybridized carbons (Fsp3) is 0.467. The molecule has 0 spiro atoms. The van der Waals surface area contributed by atoms with E-state index in [4.69, 9.17) is 0 Å². The van der Waals surface area contributed by atoms with Crippen LogP contribution in [0, 0.1) is 0 Å². The molecule has 0 aliphatic carbocycles. The van der Waals surface area contributed by atoms with E-state index in [1.807, 2.05) is 25.1 Å². The summed E-state index contributed by atoms with van der Waals surface area (Å²) in [6.07, 6.45) is 7.37. The smallest absolute Gasteiger partial charge is 0.184 e. The Morgan fingerprint density at radius 2 is 1.78 bits per heavy atom. The molecule has 0 saturated heterocycles. The fourth-order valence-electron chi connectivity index (χ4n) is 1.84. The van der Waals surface area contributed by atoms with Crippen LogP contribution in [-0.2, 0) is 9.84 Å². The van der Waals surface area contributed by atoms with Gasteiger partial charge in [-0.05, 0) is 25.0 Å². The molecule has 1 unspecified atom stereocenters. The number of rotatable bonds is 7. The first-order chi connectivity index (χ1) is 8.62. The molecule has 0 bridgehead atoms. The maximum Gasteiger partial charge on any atom is 0.184 e. The normalized spacial score (nSPS) is 13.9. The van der Waals surface area contributed by atoms with Gasteiger partial charge in [-0.3, -0.25) is 0 Å². The van der Waals surface area contributed by atoms with Gasteiger partial charge in [0.05, 0.1) is 10.1 Å². The van der Waals surface area contributed by atoms with E-state index >= 15 is 0 Å². The Hall–Kier alpha value is -1.09. The summed E-state index contributed by atoms with van der Waals surface area (Å²) < 4.78 is 24.9. The molecule has 1 rings (SSSR count). The minimum atomic E-state index is -3.23. The van der Waals surface area contributed by atoms with Crippen molar-refractivity contribution in [3.63, 3.8) is 0 Å². The van der Waals surface area contributed by atoms with Crippen molar-refractivity contribution in [1.82, 2.24) is 0 Å². The Morgan fingerprint density at radius 3 is 2.33 bits per heavy atom. The highest BCUT2D eigenvalue weighted by atomic mass is 32.2. The highest BCUT2D eigenvalue weighted by Gasteiger charge is 2.23. The molecule has 0 fully saturated rings. The van der Waals surface area contributed by atoms with E-state index in [0.717, 1.165) is 19.3 Å². The molecule has 1 aromatic carbocycles. The molecule has 0 amide bonds. The topological polar surface area (TPSA) is 34.1 Å².